The lowest BCUT2D eigenvalue weighted by Gasteiger charge is -2.26. The van der Waals surface area contributed by atoms with Gasteiger partial charge in [-0.25, -0.2) is 0 Å². The molecule has 0 aromatic rings. The average Bonchev–Trinajstić information content (AvgIpc) is 2.19. The largest absolute Gasteiger partial charge is 0.379 e. The van der Waals surface area contributed by atoms with Crippen molar-refractivity contribution in [2.45, 2.75) is 6.42 Å². The van der Waals surface area contributed by atoms with E-state index >= 15 is 0 Å². The molecule has 1 aliphatic rings. The Morgan fingerprint density at radius 3 is 2.69 bits per heavy atom. The highest BCUT2D eigenvalue weighted by molar-refractivity contribution is 4.62. The van der Waals surface area contributed by atoms with Crippen molar-refractivity contribution in [2.24, 2.45) is 0 Å². The van der Waals surface area contributed by atoms with Crippen LogP contribution in [0.5, 0.6) is 0 Å². The normalized spacial score (nSPS) is 19.2. The molecule has 1 radical (unpaired) electrons. The van der Waals surface area contributed by atoms with Gasteiger partial charge in [0.15, 0.2) is 0 Å². The molecular weight excluding hydrogens is 166 g/mol. The van der Waals surface area contributed by atoms with Gasteiger partial charge in [0.2, 0.25) is 0 Å². The number of ether oxygens (including phenoxy) is 1. The molecule has 0 amide bonds. The van der Waals surface area contributed by atoms with Crippen molar-refractivity contribution in [2.75, 3.05) is 52.5 Å². The summed E-state index contributed by atoms with van der Waals surface area (Å²) in [6.07, 6.45) is 0.961. The molecule has 0 aromatic heterocycles. The Balaban J connectivity index is 1.86. The van der Waals surface area contributed by atoms with E-state index in [9.17, 15) is 0 Å². The predicted molar refractivity (Wildman–Crippen MR) is 52.7 cm³/mol. The molecule has 0 saturated carbocycles. The molecule has 77 valence electrons. The highest BCUT2D eigenvalue weighted by Gasteiger charge is 2.08. The Morgan fingerprint density at radius 1 is 1.23 bits per heavy atom. The number of morpholine rings is 1. The van der Waals surface area contributed by atoms with Crippen molar-refractivity contribution in [3.05, 3.63) is 0 Å². The molecule has 0 spiro atoms. The molecule has 0 unspecified atom stereocenters. The van der Waals surface area contributed by atoms with Crippen LogP contribution in [0, 0.1) is 0 Å². The average molecular weight is 186 g/mol. The molecule has 1 fully saturated rings. The van der Waals surface area contributed by atoms with Crippen LogP contribution in [-0.4, -0.2) is 57.4 Å². The number of rotatable bonds is 6. The summed E-state index contributed by atoms with van der Waals surface area (Å²) in [6.45, 7) is 7.57. The first kappa shape index (κ1) is 10.9. The van der Waals surface area contributed by atoms with E-state index in [0.717, 1.165) is 52.4 Å². The van der Waals surface area contributed by atoms with E-state index in [0.29, 0.717) is 6.54 Å². The maximum Gasteiger partial charge on any atom is 0.0594 e. The molecule has 1 aliphatic heterocycles. The quantitative estimate of drug-likeness (QED) is 0.573. The molecule has 0 bridgehead atoms. The number of hydrogen-bond acceptors (Lipinski definition) is 3. The lowest BCUT2D eigenvalue weighted by Crippen LogP contribution is -2.40. The van der Waals surface area contributed by atoms with Crippen LogP contribution in [0.4, 0.5) is 0 Å². The van der Waals surface area contributed by atoms with Crippen LogP contribution in [0.1, 0.15) is 6.42 Å². The summed E-state index contributed by atoms with van der Waals surface area (Å²) >= 11 is 0. The highest BCUT2D eigenvalue weighted by Crippen LogP contribution is 1.94. The Hall–Kier alpha value is -0.160. The van der Waals surface area contributed by atoms with Crippen LogP contribution in [0.15, 0.2) is 0 Å². The summed E-state index contributed by atoms with van der Waals surface area (Å²) in [5, 5.41) is 3.33. The molecule has 4 nitrogen and oxygen atoms in total. The third kappa shape index (κ3) is 5.21. The van der Waals surface area contributed by atoms with E-state index in [2.05, 4.69) is 10.2 Å². The molecule has 4 heteroatoms. The number of nitrogens with zero attached hydrogens (tertiary/aromatic N) is 1. The molecule has 1 heterocycles. The van der Waals surface area contributed by atoms with Crippen molar-refractivity contribution in [3.8, 4) is 0 Å². The minimum Gasteiger partial charge on any atom is -0.379 e. The van der Waals surface area contributed by atoms with Gasteiger partial charge >= 0.3 is 0 Å². The summed E-state index contributed by atoms with van der Waals surface area (Å²) < 4.78 is 5.26. The van der Waals surface area contributed by atoms with Crippen molar-refractivity contribution in [1.82, 2.24) is 16.0 Å². The van der Waals surface area contributed by atoms with E-state index in [1.54, 1.807) is 0 Å². The summed E-state index contributed by atoms with van der Waals surface area (Å²) in [7, 11) is 0. The minimum atomic E-state index is 0.532. The van der Waals surface area contributed by atoms with Gasteiger partial charge in [-0.05, 0) is 13.0 Å². The first-order chi connectivity index (χ1) is 6.43. The maximum absolute atomic E-state index is 6.97. The molecule has 0 aromatic carbocycles. The van der Waals surface area contributed by atoms with E-state index in [1.807, 2.05) is 0 Å². The van der Waals surface area contributed by atoms with Gasteiger partial charge in [-0.3, -0.25) is 10.6 Å². The molecule has 0 atom stereocenters. The summed E-state index contributed by atoms with van der Waals surface area (Å²) in [6, 6.07) is 0. The van der Waals surface area contributed by atoms with Gasteiger partial charge in [-0.1, -0.05) is 0 Å². The van der Waals surface area contributed by atoms with Crippen molar-refractivity contribution in [1.29, 1.82) is 0 Å². The monoisotopic (exact) mass is 186 g/mol. The van der Waals surface area contributed by atoms with Crippen molar-refractivity contribution < 1.29 is 4.74 Å². The molecular formula is C9H20N3O. The molecule has 13 heavy (non-hydrogen) atoms. The standard InChI is InChI=1S/C9H20N3O/c10-2-1-3-11-4-5-12-6-8-13-9-7-12/h10-11H,1-9H2. The zero-order valence-corrected chi connectivity index (χ0v) is 8.22. The van der Waals surface area contributed by atoms with Gasteiger partial charge < -0.3 is 10.1 Å². The predicted octanol–water partition coefficient (Wildman–Crippen LogP) is -0.419. The van der Waals surface area contributed by atoms with Crippen LogP contribution >= 0.6 is 0 Å². The molecule has 1 rings (SSSR count). The van der Waals surface area contributed by atoms with E-state index in [4.69, 9.17) is 10.5 Å². The SMILES string of the molecule is [NH]CCCNCCN1CCOCC1. The van der Waals surface area contributed by atoms with E-state index < -0.39 is 0 Å². The molecule has 0 aliphatic carbocycles. The number of nitrogens with one attached hydrogen (secondary N) is 2. The first-order valence-corrected chi connectivity index (χ1v) is 5.09. The van der Waals surface area contributed by atoms with Gasteiger partial charge in [0.25, 0.3) is 0 Å². The van der Waals surface area contributed by atoms with E-state index in [1.165, 1.54) is 0 Å². The topological polar surface area (TPSA) is 48.3 Å². The smallest absolute Gasteiger partial charge is 0.0594 e. The second-order valence-electron chi connectivity index (χ2n) is 3.31. The Labute approximate surface area is 80.4 Å². The first-order valence-electron chi connectivity index (χ1n) is 5.09. The van der Waals surface area contributed by atoms with Crippen LogP contribution in [0.3, 0.4) is 0 Å². The zero-order chi connectivity index (χ0) is 9.36. The summed E-state index contributed by atoms with van der Waals surface area (Å²) in [5.74, 6) is 0. The Morgan fingerprint density at radius 2 is 2.00 bits per heavy atom. The van der Waals surface area contributed by atoms with Gasteiger partial charge in [0.1, 0.15) is 0 Å². The van der Waals surface area contributed by atoms with Crippen LogP contribution in [0.25, 0.3) is 0 Å². The van der Waals surface area contributed by atoms with Gasteiger partial charge in [-0.15, -0.1) is 0 Å². The fraction of sp³-hybridized carbons (Fsp3) is 1.00. The lowest BCUT2D eigenvalue weighted by molar-refractivity contribution is 0.0384. The van der Waals surface area contributed by atoms with Gasteiger partial charge in [-0.2, -0.15) is 0 Å². The van der Waals surface area contributed by atoms with Crippen LogP contribution in [-0.2, 0) is 4.74 Å². The van der Waals surface area contributed by atoms with Crippen molar-refractivity contribution in [3.63, 3.8) is 0 Å². The highest BCUT2D eigenvalue weighted by atomic mass is 16.5. The van der Waals surface area contributed by atoms with Crippen molar-refractivity contribution >= 4 is 0 Å². The van der Waals surface area contributed by atoms with Crippen LogP contribution in [0.2, 0.25) is 0 Å². The van der Waals surface area contributed by atoms with Crippen LogP contribution < -0.4 is 11.1 Å². The van der Waals surface area contributed by atoms with E-state index in [-0.39, 0.29) is 0 Å². The molecule has 1 saturated heterocycles. The second-order valence-corrected chi connectivity index (χ2v) is 3.31. The zero-order valence-electron chi connectivity index (χ0n) is 8.22. The summed E-state index contributed by atoms with van der Waals surface area (Å²) in [5.41, 5.74) is 6.97. The second kappa shape index (κ2) is 7.26. The fourth-order valence-corrected chi connectivity index (χ4v) is 1.40. The minimum absolute atomic E-state index is 0.532. The summed E-state index contributed by atoms with van der Waals surface area (Å²) in [4.78, 5) is 2.41. The van der Waals surface area contributed by atoms with Gasteiger partial charge in [0.05, 0.1) is 13.2 Å². The maximum atomic E-state index is 6.97. The lowest BCUT2D eigenvalue weighted by atomic mass is 10.4. The third-order valence-electron chi connectivity index (χ3n) is 2.24. The third-order valence-corrected chi connectivity index (χ3v) is 2.24. The Bertz CT molecular complexity index is 115. The van der Waals surface area contributed by atoms with Gasteiger partial charge in [0, 0.05) is 32.7 Å². The molecule has 2 N–H and O–H groups in total. The number of hydrogen-bond donors (Lipinski definition) is 1. The Kier molecular flexibility index (Phi) is 6.10. The fourth-order valence-electron chi connectivity index (χ4n) is 1.40.